The summed E-state index contributed by atoms with van der Waals surface area (Å²) in [5, 5.41) is 0. The van der Waals surface area contributed by atoms with Crippen LogP contribution in [0.5, 0.6) is 0 Å². The fraction of sp³-hybridized carbons (Fsp3) is 0.143. The van der Waals surface area contributed by atoms with Crippen LogP contribution in [0.3, 0.4) is 0 Å². The highest BCUT2D eigenvalue weighted by Crippen LogP contribution is 2.27. The highest BCUT2D eigenvalue weighted by atomic mass is 35.5. The molecule has 0 saturated carbocycles. The number of aromatic nitrogens is 2. The third kappa shape index (κ3) is 1.84. The molecule has 0 aliphatic rings. The molecular formula is C7H10Cl2N4S. The number of nitrogen functional groups attached to an aromatic ring is 2. The number of nitrogens with two attached hydrogens (primary N) is 2. The van der Waals surface area contributed by atoms with Gasteiger partial charge in [-0.25, -0.2) is 0 Å². The van der Waals surface area contributed by atoms with Gasteiger partial charge in [-0.05, 0) is 18.6 Å². The van der Waals surface area contributed by atoms with Crippen LogP contribution < -0.4 is 11.5 Å². The van der Waals surface area contributed by atoms with Gasteiger partial charge in [-0.2, -0.15) is 8.75 Å². The van der Waals surface area contributed by atoms with E-state index in [2.05, 4.69) is 8.75 Å². The number of nitrogens with zero attached hydrogens (tertiary/aromatic N) is 2. The molecular weight excluding hydrogens is 243 g/mol. The number of fused-ring (bicyclic) bond motifs is 1. The van der Waals surface area contributed by atoms with Crippen LogP contribution in [-0.2, 0) is 0 Å². The number of hydrogen-bond donors (Lipinski definition) is 2. The summed E-state index contributed by atoms with van der Waals surface area (Å²) >= 11 is 1.13. The average Bonchev–Trinajstić information content (AvgIpc) is 2.48. The summed E-state index contributed by atoms with van der Waals surface area (Å²) in [4.78, 5) is 0. The van der Waals surface area contributed by atoms with E-state index < -0.39 is 0 Å². The van der Waals surface area contributed by atoms with Crippen molar-refractivity contribution in [2.45, 2.75) is 6.92 Å². The normalized spacial score (nSPS) is 9.21. The predicted molar refractivity (Wildman–Crippen MR) is 65.5 cm³/mol. The third-order valence-electron chi connectivity index (χ3n) is 1.81. The molecule has 0 fully saturated rings. The molecule has 4 nitrogen and oxygen atoms in total. The Balaban J connectivity index is 0.000000845. The Labute approximate surface area is 97.8 Å². The maximum Gasteiger partial charge on any atom is 0.130 e. The molecule has 1 aromatic carbocycles. The second-order valence-corrected chi connectivity index (χ2v) is 3.19. The molecule has 7 heteroatoms. The summed E-state index contributed by atoms with van der Waals surface area (Å²) in [7, 11) is 0. The molecule has 0 saturated heterocycles. The van der Waals surface area contributed by atoms with Gasteiger partial charge in [0.1, 0.15) is 11.0 Å². The number of halogens is 2. The van der Waals surface area contributed by atoms with Crippen LogP contribution in [0.15, 0.2) is 6.07 Å². The molecule has 0 unspecified atom stereocenters. The fourth-order valence-electron chi connectivity index (χ4n) is 1.12. The Morgan fingerprint density at radius 1 is 1.14 bits per heavy atom. The van der Waals surface area contributed by atoms with Gasteiger partial charge >= 0.3 is 0 Å². The molecule has 0 atom stereocenters. The van der Waals surface area contributed by atoms with Crippen LogP contribution >= 0.6 is 36.5 Å². The van der Waals surface area contributed by atoms with E-state index in [1.807, 2.05) is 13.0 Å². The monoisotopic (exact) mass is 252 g/mol. The summed E-state index contributed by atoms with van der Waals surface area (Å²) in [6.45, 7) is 1.91. The Hall–Kier alpha value is -0.780. The largest absolute Gasteiger partial charge is 0.397 e. The third-order valence-corrected chi connectivity index (χ3v) is 2.34. The Morgan fingerprint density at radius 3 is 2.36 bits per heavy atom. The lowest BCUT2D eigenvalue weighted by molar-refractivity contribution is 1.48. The molecule has 0 aliphatic carbocycles. The molecule has 4 N–H and O–H groups in total. The standard InChI is InChI=1S/C7H8N4S.2ClH/c1-3-2-4(8)6-7(5(3)9)11-12-10-6;;/h2H,8-9H2,1H3;2*1H. The maximum absolute atomic E-state index is 5.78. The van der Waals surface area contributed by atoms with E-state index in [9.17, 15) is 0 Å². The quantitative estimate of drug-likeness (QED) is 0.704. The van der Waals surface area contributed by atoms with E-state index in [-0.39, 0.29) is 24.8 Å². The van der Waals surface area contributed by atoms with E-state index in [1.165, 1.54) is 0 Å². The number of benzene rings is 1. The lowest BCUT2D eigenvalue weighted by Gasteiger charge is -2.01. The first-order valence-electron chi connectivity index (χ1n) is 3.47. The number of hydrogen-bond acceptors (Lipinski definition) is 5. The molecule has 1 heterocycles. The van der Waals surface area contributed by atoms with Gasteiger partial charge in [0.05, 0.1) is 23.1 Å². The van der Waals surface area contributed by atoms with Gasteiger partial charge in [0.2, 0.25) is 0 Å². The van der Waals surface area contributed by atoms with Crippen LogP contribution in [0.25, 0.3) is 11.0 Å². The Bertz CT molecular complexity index is 442. The molecule has 0 spiro atoms. The van der Waals surface area contributed by atoms with Crippen molar-refractivity contribution in [1.82, 2.24) is 8.75 Å². The molecule has 0 radical (unpaired) electrons. The Kier molecular flexibility index (Phi) is 4.38. The minimum atomic E-state index is 0. The lowest BCUT2D eigenvalue weighted by Crippen LogP contribution is -1.95. The highest BCUT2D eigenvalue weighted by Gasteiger charge is 2.08. The average molecular weight is 253 g/mol. The topological polar surface area (TPSA) is 77.8 Å². The molecule has 2 rings (SSSR count). The molecule has 1 aromatic heterocycles. The van der Waals surface area contributed by atoms with Crippen LogP contribution in [0.2, 0.25) is 0 Å². The van der Waals surface area contributed by atoms with E-state index in [0.717, 1.165) is 22.8 Å². The van der Waals surface area contributed by atoms with Crippen molar-refractivity contribution in [3.8, 4) is 0 Å². The SMILES string of the molecule is Cc1cc(N)c2nsnc2c1N.Cl.Cl. The number of rotatable bonds is 0. The van der Waals surface area contributed by atoms with Crippen molar-refractivity contribution in [1.29, 1.82) is 0 Å². The van der Waals surface area contributed by atoms with E-state index in [4.69, 9.17) is 11.5 Å². The predicted octanol–water partition coefficient (Wildman–Crippen LogP) is 2.01. The van der Waals surface area contributed by atoms with Gasteiger partial charge in [-0.3, -0.25) is 0 Å². The first-order valence-corrected chi connectivity index (χ1v) is 4.20. The van der Waals surface area contributed by atoms with Crippen molar-refractivity contribution in [3.63, 3.8) is 0 Å². The van der Waals surface area contributed by atoms with Crippen molar-refractivity contribution in [2.75, 3.05) is 11.5 Å². The van der Waals surface area contributed by atoms with Gasteiger partial charge in [-0.1, -0.05) is 0 Å². The fourth-order valence-corrected chi connectivity index (χ4v) is 1.70. The van der Waals surface area contributed by atoms with Crippen LogP contribution in [0, 0.1) is 6.92 Å². The molecule has 0 aliphatic heterocycles. The highest BCUT2D eigenvalue weighted by molar-refractivity contribution is 7.00. The van der Waals surface area contributed by atoms with Crippen LogP contribution in [0.4, 0.5) is 11.4 Å². The second-order valence-electron chi connectivity index (χ2n) is 2.66. The summed E-state index contributed by atoms with van der Waals surface area (Å²) in [6.07, 6.45) is 0. The van der Waals surface area contributed by atoms with Gasteiger partial charge in [0.25, 0.3) is 0 Å². The Morgan fingerprint density at radius 2 is 1.71 bits per heavy atom. The zero-order valence-corrected chi connectivity index (χ0v) is 9.80. The molecule has 0 amide bonds. The summed E-state index contributed by atoms with van der Waals surface area (Å²) in [6, 6.07) is 1.82. The molecule has 78 valence electrons. The van der Waals surface area contributed by atoms with E-state index in [0.29, 0.717) is 16.9 Å². The van der Waals surface area contributed by atoms with Crippen molar-refractivity contribution in [2.24, 2.45) is 0 Å². The van der Waals surface area contributed by atoms with Gasteiger partial charge < -0.3 is 11.5 Å². The van der Waals surface area contributed by atoms with Gasteiger partial charge in [0, 0.05) is 0 Å². The summed E-state index contributed by atoms with van der Waals surface area (Å²) < 4.78 is 8.11. The first-order chi connectivity index (χ1) is 5.70. The lowest BCUT2D eigenvalue weighted by atomic mass is 10.1. The van der Waals surface area contributed by atoms with Crippen molar-refractivity contribution < 1.29 is 0 Å². The molecule has 2 aromatic rings. The zero-order chi connectivity index (χ0) is 8.72. The van der Waals surface area contributed by atoms with Crippen molar-refractivity contribution >= 4 is 59.0 Å². The maximum atomic E-state index is 5.78. The summed E-state index contributed by atoms with van der Waals surface area (Å²) in [5.41, 5.74) is 15.2. The van der Waals surface area contributed by atoms with E-state index in [1.54, 1.807) is 0 Å². The molecule has 0 bridgehead atoms. The zero-order valence-electron chi connectivity index (χ0n) is 7.35. The second kappa shape index (κ2) is 4.63. The van der Waals surface area contributed by atoms with Gasteiger partial charge in [0.15, 0.2) is 0 Å². The smallest absolute Gasteiger partial charge is 0.130 e. The van der Waals surface area contributed by atoms with Crippen molar-refractivity contribution in [3.05, 3.63) is 11.6 Å². The van der Waals surface area contributed by atoms with E-state index >= 15 is 0 Å². The number of anilines is 2. The summed E-state index contributed by atoms with van der Waals surface area (Å²) in [5.74, 6) is 0. The molecule has 14 heavy (non-hydrogen) atoms. The minimum absolute atomic E-state index is 0. The van der Waals surface area contributed by atoms with Gasteiger partial charge in [-0.15, -0.1) is 24.8 Å². The van der Waals surface area contributed by atoms with Crippen LogP contribution in [0.1, 0.15) is 5.56 Å². The number of aryl methyl sites for hydroxylation is 1. The minimum Gasteiger partial charge on any atom is -0.397 e. The first kappa shape index (κ1) is 13.2. The van der Waals surface area contributed by atoms with Crippen LogP contribution in [-0.4, -0.2) is 8.75 Å².